The first-order chi connectivity index (χ1) is 10.2. The van der Waals surface area contributed by atoms with Crippen LogP contribution in [-0.4, -0.2) is 20.9 Å². The van der Waals surface area contributed by atoms with Crippen LogP contribution in [0, 0.1) is 0 Å². The number of aromatic nitrogens is 3. The number of carbonyl (C=O) groups excluding carboxylic acids is 1. The summed E-state index contributed by atoms with van der Waals surface area (Å²) in [5.41, 5.74) is 1.03. The van der Waals surface area contributed by atoms with E-state index in [1.165, 1.54) is 6.33 Å². The second-order valence-corrected chi connectivity index (χ2v) is 4.90. The summed E-state index contributed by atoms with van der Waals surface area (Å²) < 4.78 is 0. The molecule has 0 saturated carbocycles. The molecule has 0 saturated heterocycles. The Morgan fingerprint density at radius 2 is 1.86 bits per heavy atom. The van der Waals surface area contributed by atoms with Crippen LogP contribution in [0.15, 0.2) is 42.9 Å². The minimum atomic E-state index is -0.365. The van der Waals surface area contributed by atoms with Gasteiger partial charge in [0.2, 0.25) is 0 Å². The molecule has 2 aromatic heterocycles. The molecule has 0 bridgehead atoms. The summed E-state index contributed by atoms with van der Waals surface area (Å²) in [5.74, 6) is -0.203. The second kappa shape index (κ2) is 5.63. The molecule has 1 N–H and O–H groups in total. The highest BCUT2D eigenvalue weighted by molar-refractivity contribution is 6.43. The van der Waals surface area contributed by atoms with E-state index < -0.39 is 0 Å². The molecule has 21 heavy (non-hydrogen) atoms. The van der Waals surface area contributed by atoms with E-state index in [9.17, 15) is 4.79 Å². The Bertz CT molecular complexity index is 833. The number of carbonyl (C=O) groups is 1. The van der Waals surface area contributed by atoms with Crippen molar-refractivity contribution >= 4 is 45.8 Å². The van der Waals surface area contributed by atoms with Gasteiger partial charge in [0.1, 0.15) is 11.3 Å². The van der Waals surface area contributed by atoms with Gasteiger partial charge in [-0.05, 0) is 12.1 Å². The largest absolute Gasteiger partial charge is 0.305 e. The molecule has 0 aliphatic carbocycles. The van der Waals surface area contributed by atoms with E-state index in [-0.39, 0.29) is 21.9 Å². The van der Waals surface area contributed by atoms with Crippen molar-refractivity contribution in [1.29, 1.82) is 0 Å². The Morgan fingerprint density at radius 3 is 2.71 bits per heavy atom. The Balaban J connectivity index is 2.00. The van der Waals surface area contributed by atoms with Gasteiger partial charge in [-0.15, -0.1) is 0 Å². The number of para-hydroxylation sites is 1. The molecule has 5 nitrogen and oxygen atoms in total. The van der Waals surface area contributed by atoms with Crippen molar-refractivity contribution in [2.75, 3.05) is 5.32 Å². The van der Waals surface area contributed by atoms with Crippen molar-refractivity contribution in [3.8, 4) is 0 Å². The molecule has 0 radical (unpaired) electrons. The van der Waals surface area contributed by atoms with Crippen LogP contribution in [0.1, 0.15) is 10.4 Å². The summed E-state index contributed by atoms with van der Waals surface area (Å²) in [7, 11) is 0. The SMILES string of the molecule is O=C(Nc1ncnc(Cl)c1Cl)c1cccc2cccnc12. The van der Waals surface area contributed by atoms with E-state index in [0.717, 1.165) is 5.39 Å². The van der Waals surface area contributed by atoms with Gasteiger partial charge in [-0.25, -0.2) is 9.97 Å². The maximum absolute atomic E-state index is 12.4. The fraction of sp³-hybridized carbons (Fsp3) is 0. The van der Waals surface area contributed by atoms with Crippen LogP contribution >= 0.6 is 23.2 Å². The van der Waals surface area contributed by atoms with Crippen LogP contribution in [-0.2, 0) is 0 Å². The number of halogens is 2. The van der Waals surface area contributed by atoms with Gasteiger partial charge < -0.3 is 5.32 Å². The van der Waals surface area contributed by atoms with E-state index in [0.29, 0.717) is 11.1 Å². The molecule has 0 spiro atoms. The average molecular weight is 319 g/mol. The van der Waals surface area contributed by atoms with Gasteiger partial charge in [-0.1, -0.05) is 41.4 Å². The third-order valence-electron chi connectivity index (χ3n) is 2.86. The summed E-state index contributed by atoms with van der Waals surface area (Å²) >= 11 is 11.7. The third kappa shape index (κ3) is 2.66. The van der Waals surface area contributed by atoms with E-state index in [4.69, 9.17) is 23.2 Å². The Kier molecular flexibility index (Phi) is 3.68. The first-order valence-corrected chi connectivity index (χ1v) is 6.73. The number of fused-ring (bicyclic) bond motifs is 1. The Hall–Kier alpha value is -2.24. The molecule has 0 aliphatic rings. The highest BCUT2D eigenvalue weighted by atomic mass is 35.5. The minimum Gasteiger partial charge on any atom is -0.305 e. The van der Waals surface area contributed by atoms with Crippen molar-refractivity contribution in [1.82, 2.24) is 15.0 Å². The van der Waals surface area contributed by atoms with Crippen LogP contribution in [0.3, 0.4) is 0 Å². The molecule has 3 rings (SSSR count). The van der Waals surface area contributed by atoms with Gasteiger partial charge in [0.15, 0.2) is 11.0 Å². The lowest BCUT2D eigenvalue weighted by Gasteiger charge is -2.08. The van der Waals surface area contributed by atoms with Crippen molar-refractivity contribution < 1.29 is 4.79 Å². The predicted octanol–water partition coefficient (Wildman–Crippen LogP) is 3.58. The van der Waals surface area contributed by atoms with Crippen LogP contribution in [0.25, 0.3) is 10.9 Å². The van der Waals surface area contributed by atoms with E-state index in [1.54, 1.807) is 18.3 Å². The van der Waals surface area contributed by atoms with Crippen molar-refractivity contribution in [2.45, 2.75) is 0 Å². The van der Waals surface area contributed by atoms with Gasteiger partial charge in [0, 0.05) is 11.6 Å². The number of nitrogens with one attached hydrogen (secondary N) is 1. The highest BCUT2D eigenvalue weighted by Gasteiger charge is 2.14. The molecular formula is C14H8Cl2N4O. The number of hydrogen-bond acceptors (Lipinski definition) is 4. The number of nitrogens with zero attached hydrogens (tertiary/aromatic N) is 3. The number of rotatable bonds is 2. The predicted molar refractivity (Wildman–Crippen MR) is 81.7 cm³/mol. The van der Waals surface area contributed by atoms with Crippen molar-refractivity contribution in [2.24, 2.45) is 0 Å². The summed E-state index contributed by atoms with van der Waals surface area (Å²) in [4.78, 5) is 24.2. The molecule has 1 aromatic carbocycles. The van der Waals surface area contributed by atoms with Crippen LogP contribution < -0.4 is 5.32 Å². The zero-order valence-electron chi connectivity index (χ0n) is 10.5. The normalized spacial score (nSPS) is 10.6. The van der Waals surface area contributed by atoms with Crippen LogP contribution in [0.5, 0.6) is 0 Å². The summed E-state index contributed by atoms with van der Waals surface area (Å²) in [5, 5.41) is 3.66. The number of amides is 1. The maximum atomic E-state index is 12.4. The van der Waals surface area contributed by atoms with Crippen molar-refractivity contribution in [3.63, 3.8) is 0 Å². The number of pyridine rings is 1. The van der Waals surface area contributed by atoms with Crippen molar-refractivity contribution in [3.05, 3.63) is 58.6 Å². The lowest BCUT2D eigenvalue weighted by atomic mass is 10.1. The molecule has 0 aliphatic heterocycles. The lowest BCUT2D eigenvalue weighted by molar-refractivity contribution is 0.102. The fourth-order valence-electron chi connectivity index (χ4n) is 1.90. The molecule has 1 amide bonds. The summed E-state index contributed by atoms with van der Waals surface area (Å²) in [6.45, 7) is 0. The van der Waals surface area contributed by atoms with Gasteiger partial charge in [-0.2, -0.15) is 0 Å². The van der Waals surface area contributed by atoms with E-state index in [1.807, 2.05) is 18.2 Å². The van der Waals surface area contributed by atoms with Gasteiger partial charge in [0.05, 0.1) is 11.1 Å². The third-order valence-corrected chi connectivity index (χ3v) is 3.60. The molecule has 3 aromatic rings. The zero-order chi connectivity index (χ0) is 14.8. The molecule has 0 atom stereocenters. The fourth-order valence-corrected chi connectivity index (χ4v) is 2.18. The summed E-state index contributed by atoms with van der Waals surface area (Å²) in [6.07, 6.45) is 2.86. The Morgan fingerprint density at radius 1 is 1.05 bits per heavy atom. The second-order valence-electron chi connectivity index (χ2n) is 4.16. The maximum Gasteiger partial charge on any atom is 0.259 e. The molecule has 104 valence electrons. The lowest BCUT2D eigenvalue weighted by Crippen LogP contribution is -2.14. The van der Waals surface area contributed by atoms with E-state index in [2.05, 4.69) is 20.3 Å². The Labute approximate surface area is 130 Å². The number of hydrogen-bond donors (Lipinski definition) is 1. The van der Waals surface area contributed by atoms with Gasteiger partial charge in [0.25, 0.3) is 5.91 Å². The molecule has 2 heterocycles. The quantitative estimate of drug-likeness (QED) is 0.733. The first-order valence-electron chi connectivity index (χ1n) is 5.98. The number of benzene rings is 1. The number of anilines is 1. The van der Waals surface area contributed by atoms with Gasteiger partial charge >= 0.3 is 0 Å². The molecule has 0 fully saturated rings. The monoisotopic (exact) mass is 318 g/mol. The van der Waals surface area contributed by atoms with E-state index >= 15 is 0 Å². The molecule has 0 unspecified atom stereocenters. The molecular weight excluding hydrogens is 311 g/mol. The highest BCUT2D eigenvalue weighted by Crippen LogP contribution is 2.26. The molecule has 7 heteroatoms. The van der Waals surface area contributed by atoms with Gasteiger partial charge in [-0.3, -0.25) is 9.78 Å². The zero-order valence-corrected chi connectivity index (χ0v) is 12.1. The standard InChI is InChI=1S/C14H8Cl2N4O/c15-10-12(16)18-7-19-13(10)20-14(21)9-5-1-3-8-4-2-6-17-11(8)9/h1-7H,(H,18,19,20,21). The van der Waals surface area contributed by atoms with Crippen LogP contribution in [0.4, 0.5) is 5.82 Å². The summed E-state index contributed by atoms with van der Waals surface area (Å²) in [6, 6.07) is 9.04. The average Bonchev–Trinajstić information content (AvgIpc) is 2.51. The van der Waals surface area contributed by atoms with Crippen LogP contribution in [0.2, 0.25) is 10.2 Å². The smallest absolute Gasteiger partial charge is 0.259 e. The topological polar surface area (TPSA) is 67.8 Å². The first kappa shape index (κ1) is 13.7. The minimum absolute atomic E-state index is 0.0815.